The van der Waals surface area contributed by atoms with Gasteiger partial charge in [-0.3, -0.25) is 0 Å². The predicted octanol–water partition coefficient (Wildman–Crippen LogP) is 2.04. The van der Waals surface area contributed by atoms with Crippen LogP contribution in [0, 0.1) is 0 Å². The minimum atomic E-state index is -2.92. The molecule has 0 aliphatic heterocycles. The Kier molecular flexibility index (Phi) is 3.84. The molecule has 0 atom stereocenters. The zero-order valence-corrected chi connectivity index (χ0v) is 7.96. The molecular weight excluding hydrogens is 206 g/mol. The van der Waals surface area contributed by atoms with Crippen LogP contribution in [0.3, 0.4) is 0 Å². The fourth-order valence-corrected chi connectivity index (χ4v) is 0.953. The van der Waals surface area contributed by atoms with Crippen LogP contribution in [0.15, 0.2) is 24.3 Å². The van der Waals surface area contributed by atoms with Gasteiger partial charge in [-0.05, 0) is 12.1 Å². The number of rotatable bonds is 3. The standard InChI is InChI=1S/C9H10F2N2O2/c1-12-9(14)13-6-4-2-3-5-7(6)15-8(10)11/h2-5,8H,1H3,(H2,12,13,14). The summed E-state index contributed by atoms with van der Waals surface area (Å²) in [5.74, 6) is -0.0731. The Hall–Kier alpha value is -1.85. The van der Waals surface area contributed by atoms with E-state index in [1.54, 1.807) is 6.07 Å². The lowest BCUT2D eigenvalue weighted by atomic mass is 10.3. The molecule has 0 spiro atoms. The number of anilines is 1. The summed E-state index contributed by atoms with van der Waals surface area (Å²) in [5.41, 5.74) is 0.192. The van der Waals surface area contributed by atoms with Crippen LogP contribution in [0.5, 0.6) is 5.75 Å². The van der Waals surface area contributed by atoms with E-state index in [4.69, 9.17) is 0 Å². The summed E-state index contributed by atoms with van der Waals surface area (Å²) in [5, 5.41) is 4.66. The smallest absolute Gasteiger partial charge is 0.387 e. The summed E-state index contributed by atoms with van der Waals surface area (Å²) in [4.78, 5) is 11.0. The van der Waals surface area contributed by atoms with Gasteiger partial charge >= 0.3 is 12.6 Å². The molecule has 0 bridgehead atoms. The van der Waals surface area contributed by atoms with Gasteiger partial charge < -0.3 is 15.4 Å². The first kappa shape index (κ1) is 11.2. The maximum Gasteiger partial charge on any atom is 0.387 e. The molecule has 0 heterocycles. The summed E-state index contributed by atoms with van der Waals surface area (Å²) in [6, 6.07) is 5.45. The molecule has 1 aromatic rings. The minimum absolute atomic E-state index is 0.0731. The largest absolute Gasteiger partial charge is 0.433 e. The zero-order chi connectivity index (χ0) is 11.3. The number of urea groups is 1. The lowest BCUT2D eigenvalue weighted by Crippen LogP contribution is -2.24. The lowest BCUT2D eigenvalue weighted by Gasteiger charge is -2.10. The van der Waals surface area contributed by atoms with E-state index in [1.165, 1.54) is 25.2 Å². The Morgan fingerprint density at radius 3 is 2.67 bits per heavy atom. The second kappa shape index (κ2) is 5.14. The average Bonchev–Trinajstić information content (AvgIpc) is 2.20. The number of hydrogen-bond donors (Lipinski definition) is 2. The number of ether oxygens (including phenoxy) is 1. The highest BCUT2D eigenvalue weighted by molar-refractivity contribution is 5.90. The number of alkyl halides is 2. The summed E-state index contributed by atoms with van der Waals surface area (Å²) in [6.45, 7) is -2.92. The average molecular weight is 216 g/mol. The number of benzene rings is 1. The van der Waals surface area contributed by atoms with Gasteiger partial charge in [0.2, 0.25) is 0 Å². The second-order valence-corrected chi connectivity index (χ2v) is 2.58. The highest BCUT2D eigenvalue weighted by atomic mass is 19.3. The van der Waals surface area contributed by atoms with Gasteiger partial charge in [0.1, 0.15) is 5.75 Å². The molecule has 2 N–H and O–H groups in total. The van der Waals surface area contributed by atoms with Gasteiger partial charge in [0.15, 0.2) is 0 Å². The molecule has 0 aliphatic carbocycles. The molecular formula is C9H10F2N2O2. The number of amides is 2. The topological polar surface area (TPSA) is 50.4 Å². The first-order valence-electron chi connectivity index (χ1n) is 4.16. The summed E-state index contributed by atoms with van der Waals surface area (Å²) in [6.07, 6.45) is 0. The van der Waals surface area contributed by atoms with Gasteiger partial charge in [-0.15, -0.1) is 0 Å². The van der Waals surface area contributed by atoms with Crippen LogP contribution in [0.25, 0.3) is 0 Å². The van der Waals surface area contributed by atoms with E-state index < -0.39 is 12.6 Å². The molecule has 0 saturated carbocycles. The third kappa shape index (κ3) is 3.41. The molecule has 2 amide bonds. The van der Waals surface area contributed by atoms with Gasteiger partial charge in [-0.1, -0.05) is 12.1 Å². The summed E-state index contributed by atoms with van der Waals surface area (Å²) >= 11 is 0. The van der Waals surface area contributed by atoms with Crippen LogP contribution in [0.1, 0.15) is 0 Å². The maximum atomic E-state index is 12.0. The van der Waals surface area contributed by atoms with Crippen LogP contribution >= 0.6 is 0 Å². The molecule has 0 aliphatic rings. The first-order valence-corrected chi connectivity index (χ1v) is 4.16. The van der Waals surface area contributed by atoms with Crippen LogP contribution in [0.2, 0.25) is 0 Å². The van der Waals surface area contributed by atoms with Crippen molar-refractivity contribution >= 4 is 11.7 Å². The molecule has 15 heavy (non-hydrogen) atoms. The number of hydrogen-bond acceptors (Lipinski definition) is 2. The van der Waals surface area contributed by atoms with Crippen molar-refractivity contribution in [2.45, 2.75) is 6.61 Å². The summed E-state index contributed by atoms with van der Waals surface area (Å²) < 4.78 is 28.2. The number of carbonyl (C=O) groups is 1. The van der Waals surface area contributed by atoms with E-state index in [9.17, 15) is 13.6 Å². The Morgan fingerprint density at radius 1 is 1.40 bits per heavy atom. The molecule has 0 aromatic heterocycles. The number of halogens is 2. The quantitative estimate of drug-likeness (QED) is 0.812. The normalized spacial score (nSPS) is 9.87. The van der Waals surface area contributed by atoms with E-state index in [0.29, 0.717) is 0 Å². The molecule has 82 valence electrons. The van der Waals surface area contributed by atoms with E-state index in [1.807, 2.05) is 0 Å². The highest BCUT2D eigenvalue weighted by Gasteiger charge is 2.10. The van der Waals surface area contributed by atoms with E-state index in [2.05, 4.69) is 15.4 Å². The molecule has 6 heteroatoms. The summed E-state index contributed by atoms with van der Waals surface area (Å²) in [7, 11) is 1.42. The fraction of sp³-hybridized carbons (Fsp3) is 0.222. The molecule has 0 fully saturated rings. The fourth-order valence-electron chi connectivity index (χ4n) is 0.953. The molecule has 1 aromatic carbocycles. The van der Waals surface area contributed by atoms with E-state index in [0.717, 1.165) is 0 Å². The van der Waals surface area contributed by atoms with E-state index >= 15 is 0 Å². The van der Waals surface area contributed by atoms with E-state index in [-0.39, 0.29) is 11.4 Å². The van der Waals surface area contributed by atoms with Crippen molar-refractivity contribution < 1.29 is 18.3 Å². The third-order valence-corrected chi connectivity index (χ3v) is 1.58. The van der Waals surface area contributed by atoms with Crippen LogP contribution < -0.4 is 15.4 Å². The Balaban J connectivity index is 2.81. The van der Waals surface area contributed by atoms with Crippen molar-refractivity contribution in [3.63, 3.8) is 0 Å². The highest BCUT2D eigenvalue weighted by Crippen LogP contribution is 2.25. The van der Waals surface area contributed by atoms with Crippen molar-refractivity contribution in [2.75, 3.05) is 12.4 Å². The lowest BCUT2D eigenvalue weighted by molar-refractivity contribution is -0.0493. The van der Waals surface area contributed by atoms with Crippen LogP contribution in [-0.2, 0) is 0 Å². The maximum absolute atomic E-state index is 12.0. The van der Waals surface area contributed by atoms with Gasteiger partial charge in [0.25, 0.3) is 0 Å². The van der Waals surface area contributed by atoms with Gasteiger partial charge in [-0.25, -0.2) is 4.79 Å². The Bertz CT molecular complexity index is 345. The molecule has 0 unspecified atom stereocenters. The number of para-hydroxylation sites is 2. The van der Waals surface area contributed by atoms with Crippen molar-refractivity contribution in [3.8, 4) is 5.75 Å². The van der Waals surface area contributed by atoms with Crippen molar-refractivity contribution in [2.24, 2.45) is 0 Å². The Labute approximate surface area is 85.2 Å². The van der Waals surface area contributed by atoms with Gasteiger partial charge in [-0.2, -0.15) is 8.78 Å². The van der Waals surface area contributed by atoms with Crippen LogP contribution in [0.4, 0.5) is 19.3 Å². The van der Waals surface area contributed by atoms with Crippen molar-refractivity contribution in [1.82, 2.24) is 5.32 Å². The second-order valence-electron chi connectivity index (χ2n) is 2.58. The van der Waals surface area contributed by atoms with Crippen molar-refractivity contribution in [3.05, 3.63) is 24.3 Å². The number of carbonyl (C=O) groups excluding carboxylic acids is 1. The molecule has 4 nitrogen and oxygen atoms in total. The van der Waals surface area contributed by atoms with Gasteiger partial charge in [0.05, 0.1) is 5.69 Å². The zero-order valence-electron chi connectivity index (χ0n) is 7.96. The van der Waals surface area contributed by atoms with Gasteiger partial charge in [0, 0.05) is 7.05 Å². The predicted molar refractivity (Wildman–Crippen MR) is 51.2 cm³/mol. The monoisotopic (exact) mass is 216 g/mol. The van der Waals surface area contributed by atoms with Crippen LogP contribution in [-0.4, -0.2) is 19.7 Å². The SMILES string of the molecule is CNC(=O)Nc1ccccc1OC(F)F. The minimum Gasteiger partial charge on any atom is -0.433 e. The molecule has 1 rings (SSSR count). The molecule has 0 radical (unpaired) electrons. The Morgan fingerprint density at radius 2 is 2.07 bits per heavy atom. The molecule has 0 saturated heterocycles. The van der Waals surface area contributed by atoms with Crippen molar-refractivity contribution in [1.29, 1.82) is 0 Å². The number of nitrogens with one attached hydrogen (secondary N) is 2. The third-order valence-electron chi connectivity index (χ3n) is 1.58. The first-order chi connectivity index (χ1) is 7.13.